The predicted octanol–water partition coefficient (Wildman–Crippen LogP) is 3.45. The number of likely N-dealkylation sites (tertiary alicyclic amines) is 1. The van der Waals surface area contributed by atoms with Crippen LogP contribution in [0.15, 0.2) is 41.8 Å². The second kappa shape index (κ2) is 9.05. The number of urea groups is 1. The molecule has 0 aliphatic carbocycles. The third-order valence-electron chi connectivity index (χ3n) is 4.79. The maximum atomic E-state index is 12.3. The molecule has 2 amide bonds. The Morgan fingerprint density at radius 1 is 1.19 bits per heavy atom. The van der Waals surface area contributed by atoms with E-state index in [4.69, 9.17) is 0 Å². The van der Waals surface area contributed by atoms with Gasteiger partial charge in [0.25, 0.3) is 0 Å². The first-order chi connectivity index (χ1) is 12.6. The third-order valence-corrected chi connectivity index (χ3v) is 5.76. The fraction of sp³-hybridized carbons (Fsp3) is 0.450. The molecule has 1 aromatic heterocycles. The zero-order valence-electron chi connectivity index (χ0n) is 15.6. The van der Waals surface area contributed by atoms with Gasteiger partial charge in [-0.05, 0) is 55.1 Å². The molecule has 1 unspecified atom stereocenters. The van der Waals surface area contributed by atoms with Crippen LogP contribution in [0.2, 0.25) is 0 Å². The van der Waals surface area contributed by atoms with Crippen molar-refractivity contribution in [3.05, 3.63) is 52.2 Å². The normalized spacial score (nSPS) is 15.6. The molecule has 1 atom stereocenters. The predicted molar refractivity (Wildman–Crippen MR) is 109 cm³/mol. The minimum atomic E-state index is -0.110. The summed E-state index contributed by atoms with van der Waals surface area (Å²) in [5.41, 5.74) is 2.23. The third kappa shape index (κ3) is 4.99. The maximum absolute atomic E-state index is 12.3. The van der Waals surface area contributed by atoms with Crippen molar-refractivity contribution in [3.8, 4) is 0 Å². The van der Waals surface area contributed by atoms with Crippen molar-refractivity contribution in [2.75, 3.05) is 38.6 Å². The highest BCUT2D eigenvalue weighted by Gasteiger charge is 2.24. The molecular formula is C20H28N4OS. The first-order valence-corrected chi connectivity index (χ1v) is 10.1. The molecule has 1 aliphatic heterocycles. The number of amides is 2. The van der Waals surface area contributed by atoms with E-state index in [0.29, 0.717) is 13.1 Å². The molecule has 5 nitrogen and oxygen atoms in total. The number of carbonyl (C=O) groups excluding carboxylic acids is 1. The van der Waals surface area contributed by atoms with Crippen LogP contribution in [0.3, 0.4) is 0 Å². The molecule has 3 rings (SSSR count). The summed E-state index contributed by atoms with van der Waals surface area (Å²) in [6, 6.07) is 12.6. The molecule has 0 saturated carbocycles. The molecule has 1 aliphatic rings. The van der Waals surface area contributed by atoms with E-state index in [-0.39, 0.29) is 12.1 Å². The Morgan fingerprint density at radius 2 is 2.00 bits per heavy atom. The van der Waals surface area contributed by atoms with Crippen LogP contribution in [0, 0.1) is 0 Å². The number of benzene rings is 1. The van der Waals surface area contributed by atoms with E-state index in [1.165, 1.54) is 17.7 Å². The molecule has 26 heavy (non-hydrogen) atoms. The average Bonchev–Trinajstić information content (AvgIpc) is 3.35. The van der Waals surface area contributed by atoms with E-state index in [1.807, 2.05) is 26.2 Å². The van der Waals surface area contributed by atoms with Gasteiger partial charge in [0, 0.05) is 37.7 Å². The van der Waals surface area contributed by atoms with E-state index >= 15 is 0 Å². The second-order valence-electron chi connectivity index (χ2n) is 6.90. The highest BCUT2D eigenvalue weighted by molar-refractivity contribution is 7.10. The van der Waals surface area contributed by atoms with Gasteiger partial charge in [0.05, 0.1) is 6.04 Å². The standard InChI is InChI=1S/C20H28N4OS/c1-23(2)17-8-5-7-16(13-17)14-21-20(25)22-15-18(19-9-6-12-26-19)24-10-3-4-11-24/h5-9,12-13,18H,3-4,10-11,14-15H2,1-2H3,(H2,21,22,25). The van der Waals surface area contributed by atoms with Crippen molar-refractivity contribution in [2.45, 2.75) is 25.4 Å². The molecule has 0 spiro atoms. The Hall–Kier alpha value is -2.05. The summed E-state index contributed by atoms with van der Waals surface area (Å²) < 4.78 is 0. The molecule has 2 aromatic rings. The number of nitrogens with zero attached hydrogens (tertiary/aromatic N) is 2. The lowest BCUT2D eigenvalue weighted by atomic mass is 10.2. The van der Waals surface area contributed by atoms with E-state index in [1.54, 1.807) is 11.3 Å². The van der Waals surface area contributed by atoms with Crippen LogP contribution in [-0.2, 0) is 6.54 Å². The van der Waals surface area contributed by atoms with E-state index in [0.717, 1.165) is 24.3 Å². The minimum absolute atomic E-state index is 0.110. The lowest BCUT2D eigenvalue weighted by molar-refractivity contribution is 0.222. The van der Waals surface area contributed by atoms with Crippen LogP contribution in [-0.4, -0.2) is 44.7 Å². The van der Waals surface area contributed by atoms with E-state index in [2.05, 4.69) is 50.1 Å². The summed E-state index contributed by atoms with van der Waals surface area (Å²) in [4.78, 5) is 18.1. The van der Waals surface area contributed by atoms with Crippen LogP contribution in [0.25, 0.3) is 0 Å². The van der Waals surface area contributed by atoms with Crippen LogP contribution in [0.5, 0.6) is 0 Å². The fourth-order valence-corrected chi connectivity index (χ4v) is 4.18. The molecule has 140 valence electrons. The fourth-order valence-electron chi connectivity index (χ4n) is 3.32. The van der Waals surface area contributed by atoms with Gasteiger partial charge in [-0.25, -0.2) is 4.79 Å². The van der Waals surface area contributed by atoms with Crippen molar-refractivity contribution >= 4 is 23.1 Å². The molecule has 2 N–H and O–H groups in total. The van der Waals surface area contributed by atoms with Gasteiger partial charge in [-0.1, -0.05) is 18.2 Å². The van der Waals surface area contributed by atoms with E-state index < -0.39 is 0 Å². The Labute approximate surface area is 160 Å². The van der Waals surface area contributed by atoms with Gasteiger partial charge in [0.1, 0.15) is 0 Å². The van der Waals surface area contributed by atoms with Gasteiger partial charge in [0.15, 0.2) is 0 Å². The summed E-state index contributed by atoms with van der Waals surface area (Å²) in [5.74, 6) is 0. The number of nitrogens with one attached hydrogen (secondary N) is 2. The van der Waals surface area contributed by atoms with Crippen LogP contribution < -0.4 is 15.5 Å². The van der Waals surface area contributed by atoms with Gasteiger partial charge in [-0.15, -0.1) is 11.3 Å². The number of hydrogen-bond acceptors (Lipinski definition) is 4. The SMILES string of the molecule is CN(C)c1cccc(CNC(=O)NCC(c2cccs2)N2CCCC2)c1. The van der Waals surface area contributed by atoms with Gasteiger partial charge in [-0.2, -0.15) is 0 Å². The lowest BCUT2D eigenvalue weighted by Crippen LogP contribution is -2.41. The summed E-state index contributed by atoms with van der Waals surface area (Å²) in [6.45, 7) is 3.40. The largest absolute Gasteiger partial charge is 0.378 e. The zero-order valence-corrected chi connectivity index (χ0v) is 16.4. The molecule has 0 bridgehead atoms. The van der Waals surface area contributed by atoms with Gasteiger partial charge in [0.2, 0.25) is 0 Å². The lowest BCUT2D eigenvalue weighted by Gasteiger charge is -2.27. The molecule has 1 saturated heterocycles. The number of anilines is 1. The first-order valence-electron chi connectivity index (χ1n) is 9.19. The Morgan fingerprint density at radius 3 is 2.69 bits per heavy atom. The molecule has 6 heteroatoms. The smallest absolute Gasteiger partial charge is 0.315 e. The van der Waals surface area contributed by atoms with Crippen molar-refractivity contribution in [2.24, 2.45) is 0 Å². The monoisotopic (exact) mass is 372 g/mol. The first kappa shape index (κ1) is 18.7. The van der Waals surface area contributed by atoms with Crippen LogP contribution in [0.1, 0.15) is 29.3 Å². The summed E-state index contributed by atoms with van der Waals surface area (Å²) >= 11 is 1.77. The van der Waals surface area contributed by atoms with Gasteiger partial charge < -0.3 is 15.5 Å². The number of carbonyl (C=O) groups is 1. The van der Waals surface area contributed by atoms with Crippen molar-refractivity contribution in [1.82, 2.24) is 15.5 Å². The van der Waals surface area contributed by atoms with E-state index in [9.17, 15) is 4.79 Å². The molecule has 1 aromatic carbocycles. The minimum Gasteiger partial charge on any atom is -0.378 e. The van der Waals surface area contributed by atoms with Crippen LogP contribution >= 0.6 is 11.3 Å². The maximum Gasteiger partial charge on any atom is 0.315 e. The van der Waals surface area contributed by atoms with Crippen molar-refractivity contribution < 1.29 is 4.79 Å². The number of thiophene rings is 1. The van der Waals surface area contributed by atoms with Crippen LogP contribution in [0.4, 0.5) is 10.5 Å². The van der Waals surface area contributed by atoms with Gasteiger partial charge >= 0.3 is 6.03 Å². The average molecular weight is 373 g/mol. The highest BCUT2D eigenvalue weighted by atomic mass is 32.1. The highest BCUT2D eigenvalue weighted by Crippen LogP contribution is 2.27. The molecule has 0 radical (unpaired) electrons. The van der Waals surface area contributed by atoms with Crippen molar-refractivity contribution in [1.29, 1.82) is 0 Å². The topological polar surface area (TPSA) is 47.6 Å². The summed E-state index contributed by atoms with van der Waals surface area (Å²) in [6.07, 6.45) is 2.49. The quantitative estimate of drug-likeness (QED) is 0.783. The number of hydrogen-bond donors (Lipinski definition) is 2. The summed E-state index contributed by atoms with van der Waals surface area (Å²) in [5, 5.41) is 8.14. The number of rotatable bonds is 7. The van der Waals surface area contributed by atoms with Gasteiger partial charge in [-0.3, -0.25) is 4.90 Å². The molecule has 1 fully saturated rings. The molecule has 2 heterocycles. The zero-order chi connectivity index (χ0) is 18.4. The second-order valence-corrected chi connectivity index (χ2v) is 7.88. The molecular weight excluding hydrogens is 344 g/mol. The summed E-state index contributed by atoms with van der Waals surface area (Å²) in [7, 11) is 4.03. The Kier molecular flexibility index (Phi) is 6.52. The Bertz CT molecular complexity index is 696. The Balaban J connectivity index is 1.51. The van der Waals surface area contributed by atoms with Crippen molar-refractivity contribution in [3.63, 3.8) is 0 Å².